The average Bonchev–Trinajstić information content (AvgIpc) is 3.35. The van der Waals surface area contributed by atoms with Crippen LogP contribution in [0.2, 0.25) is 0 Å². The highest BCUT2D eigenvalue weighted by Gasteiger charge is 2.50. The predicted molar refractivity (Wildman–Crippen MR) is 252 cm³/mol. The Bertz CT molecular complexity index is 2660. The highest BCUT2D eigenvalue weighted by molar-refractivity contribution is 6.34. The summed E-state index contributed by atoms with van der Waals surface area (Å²) in [5.74, 6) is -5.64. The molecule has 22 heteroatoms. The lowest BCUT2D eigenvalue weighted by Gasteiger charge is -2.42. The van der Waals surface area contributed by atoms with E-state index in [2.05, 4.69) is 21.3 Å². The molecule has 0 aromatic heterocycles. The van der Waals surface area contributed by atoms with Crippen LogP contribution in [0.15, 0.2) is 42.5 Å². The highest BCUT2D eigenvalue weighted by Crippen LogP contribution is 2.53. The summed E-state index contributed by atoms with van der Waals surface area (Å²) in [6.07, 6.45) is -5.12. The van der Waals surface area contributed by atoms with Gasteiger partial charge in [-0.1, -0.05) is 12.1 Å². The van der Waals surface area contributed by atoms with E-state index >= 15 is 0 Å². The molecule has 0 spiro atoms. The van der Waals surface area contributed by atoms with E-state index in [1.165, 1.54) is 37.4 Å². The van der Waals surface area contributed by atoms with Crippen LogP contribution in [-0.4, -0.2) is 171 Å². The molecular weight excluding hydrogens is 931 g/mol. The molecule has 1 saturated heterocycles. The molecule has 1 fully saturated rings. The van der Waals surface area contributed by atoms with Crippen molar-refractivity contribution in [3.63, 3.8) is 0 Å². The SMILES string of the molecule is COc1cccc2c1C(=O)c1c(O)c3c(c(O)c1C2=O)C[C@@](O)(C(=O)CO)C[C@@H]3O[C@H]1C[C@H](N)[C@H](O)[C@H](C)O1.O=C1c2c(O)ccc(O)c2C(=O)c2c(NCCNCCO)ccc(NCCNCCO)c21. The fourth-order valence-electron chi connectivity index (χ4n) is 9.39. The van der Waals surface area contributed by atoms with Crippen molar-refractivity contribution in [3.8, 4) is 28.7 Å². The second kappa shape index (κ2) is 21.8. The van der Waals surface area contributed by atoms with Crippen molar-refractivity contribution in [1.29, 1.82) is 0 Å². The Kier molecular flexibility index (Phi) is 16.1. The van der Waals surface area contributed by atoms with Crippen LogP contribution in [0.1, 0.15) is 101 Å². The number of ether oxygens (including phenoxy) is 3. The molecule has 3 aliphatic carbocycles. The number of benzene rings is 4. The summed E-state index contributed by atoms with van der Waals surface area (Å²) in [4.78, 5) is 66.5. The Morgan fingerprint density at radius 2 is 1.28 bits per heavy atom. The topological polar surface area (TPSA) is 369 Å². The molecule has 22 nitrogen and oxygen atoms in total. The standard InChI is InChI=1S/C27H29NO11.C22H28N4O6/c1-10-22(31)13(28)6-17(38-10)39-15-8-27(36,16(30)9-29)7-12-19(15)26(35)21-20(24(12)33)23(32)11-4-3-5-14(37-2)18(11)25(21)34;27-11-9-23-5-7-25-13-1-2-14(26-8-6-24-10-12-28)18-17(13)21(31)19-15(29)3-4-16(30)20(19)22(18)32/h3-5,10,13,15,17,22,29,31,33,35-36H,6-9,28H2,1-2H3;1-4,23-30H,5-12H2/t10-,13-,15-,17-,22+,27-;/m0./s1. The second-order valence-electron chi connectivity index (χ2n) is 17.4. The molecule has 8 rings (SSSR count). The number of aromatic hydroxyl groups is 4. The second-order valence-corrected chi connectivity index (χ2v) is 17.4. The van der Waals surface area contributed by atoms with Crippen molar-refractivity contribution in [2.45, 2.75) is 62.4 Å². The molecule has 0 bridgehead atoms. The molecule has 1 aliphatic heterocycles. The zero-order valence-corrected chi connectivity index (χ0v) is 38.8. The monoisotopic (exact) mass is 987 g/mol. The minimum absolute atomic E-state index is 0.00939. The summed E-state index contributed by atoms with van der Waals surface area (Å²) in [5, 5.41) is 104. The van der Waals surface area contributed by atoms with Crippen molar-refractivity contribution < 1.29 is 84.1 Å². The van der Waals surface area contributed by atoms with Gasteiger partial charge in [0.1, 0.15) is 41.0 Å². The van der Waals surface area contributed by atoms with E-state index in [1.807, 2.05) is 0 Å². The Hall–Kier alpha value is -6.57. The molecule has 4 aromatic rings. The Morgan fingerprint density at radius 1 is 0.732 bits per heavy atom. The molecule has 0 saturated carbocycles. The van der Waals surface area contributed by atoms with Crippen LogP contribution in [0.25, 0.3) is 0 Å². The maximum absolute atomic E-state index is 13.6. The number of ketones is 5. The van der Waals surface area contributed by atoms with Gasteiger partial charge < -0.3 is 87.2 Å². The van der Waals surface area contributed by atoms with E-state index in [0.29, 0.717) is 50.6 Å². The van der Waals surface area contributed by atoms with Gasteiger partial charge >= 0.3 is 0 Å². The van der Waals surface area contributed by atoms with Gasteiger partial charge in [0.25, 0.3) is 0 Å². The van der Waals surface area contributed by atoms with Gasteiger partial charge in [0.2, 0.25) is 17.3 Å². The number of nitrogens with one attached hydrogen (secondary N) is 4. The number of hydrogen-bond acceptors (Lipinski definition) is 22. The van der Waals surface area contributed by atoms with Gasteiger partial charge in [-0.2, -0.15) is 0 Å². The largest absolute Gasteiger partial charge is 0.507 e. The molecule has 4 aliphatic rings. The van der Waals surface area contributed by atoms with Crippen molar-refractivity contribution >= 4 is 40.3 Å². The number of aliphatic hydroxyl groups is 5. The molecule has 15 N–H and O–H groups in total. The summed E-state index contributed by atoms with van der Waals surface area (Å²) in [6.45, 7) is 3.37. The fourth-order valence-corrected chi connectivity index (χ4v) is 9.39. The molecule has 0 amide bonds. The van der Waals surface area contributed by atoms with Crippen LogP contribution in [0.3, 0.4) is 0 Å². The lowest BCUT2D eigenvalue weighted by atomic mass is 9.72. The van der Waals surface area contributed by atoms with Gasteiger partial charge in [0, 0.05) is 92.6 Å². The minimum atomic E-state index is -2.24. The Balaban J connectivity index is 0.000000213. The third kappa shape index (κ3) is 9.91. The molecule has 1 heterocycles. The molecule has 0 radical (unpaired) electrons. The third-order valence-corrected chi connectivity index (χ3v) is 12.9. The van der Waals surface area contributed by atoms with Crippen LogP contribution in [0, 0.1) is 0 Å². The number of anilines is 2. The summed E-state index contributed by atoms with van der Waals surface area (Å²) >= 11 is 0. The molecular formula is C49H57N5O17. The van der Waals surface area contributed by atoms with Gasteiger partial charge in [-0.25, -0.2) is 0 Å². The number of aliphatic hydroxyl groups excluding tert-OH is 4. The van der Waals surface area contributed by atoms with E-state index in [4.69, 9.17) is 30.2 Å². The summed E-state index contributed by atoms with van der Waals surface area (Å²) in [6, 6.07) is 9.38. The van der Waals surface area contributed by atoms with Gasteiger partial charge in [-0.3, -0.25) is 24.0 Å². The normalized spacial score (nSPS) is 22.0. The Labute approximate surface area is 406 Å². The molecule has 6 atom stereocenters. The predicted octanol–water partition coefficient (Wildman–Crippen LogP) is -0.138. The molecule has 71 heavy (non-hydrogen) atoms. The first-order valence-electron chi connectivity index (χ1n) is 22.8. The van der Waals surface area contributed by atoms with Gasteiger partial charge in [0.05, 0.1) is 77.6 Å². The van der Waals surface area contributed by atoms with Crippen molar-refractivity contribution in [2.24, 2.45) is 5.73 Å². The number of carbonyl (C=O) groups excluding carboxylic acids is 5. The molecule has 380 valence electrons. The van der Waals surface area contributed by atoms with E-state index < -0.39 is 107 Å². The van der Waals surface area contributed by atoms with Crippen LogP contribution < -0.4 is 31.7 Å². The summed E-state index contributed by atoms with van der Waals surface area (Å²) in [7, 11) is 1.32. The number of Topliss-reactive ketones (excluding diaryl/α,β-unsaturated/α-hetero) is 1. The zero-order chi connectivity index (χ0) is 51.5. The first kappa shape index (κ1) is 52.3. The van der Waals surface area contributed by atoms with Gasteiger partial charge in [-0.05, 0) is 37.3 Å². The van der Waals surface area contributed by atoms with E-state index in [1.54, 1.807) is 19.1 Å². The number of phenolic OH excluding ortho intramolecular Hbond substituents is 4. The van der Waals surface area contributed by atoms with Gasteiger partial charge in [-0.15, -0.1) is 0 Å². The van der Waals surface area contributed by atoms with Gasteiger partial charge in [0.15, 0.2) is 17.9 Å². The number of hydrogen-bond donors (Lipinski definition) is 14. The quantitative estimate of drug-likeness (QED) is 0.0418. The first-order valence-corrected chi connectivity index (χ1v) is 22.8. The summed E-state index contributed by atoms with van der Waals surface area (Å²) < 4.78 is 17.0. The third-order valence-electron chi connectivity index (χ3n) is 12.9. The Morgan fingerprint density at radius 3 is 1.80 bits per heavy atom. The average molecular weight is 988 g/mol. The highest BCUT2D eigenvalue weighted by atomic mass is 16.7. The van der Waals surface area contributed by atoms with Crippen LogP contribution in [0.4, 0.5) is 11.4 Å². The van der Waals surface area contributed by atoms with Crippen molar-refractivity contribution in [2.75, 3.05) is 76.8 Å². The zero-order valence-electron chi connectivity index (χ0n) is 38.8. The lowest BCUT2D eigenvalue weighted by molar-refractivity contribution is -0.247. The van der Waals surface area contributed by atoms with E-state index in [-0.39, 0.29) is 81.4 Å². The maximum Gasteiger partial charge on any atom is 0.202 e. The molecule has 0 unspecified atom stereocenters. The van der Waals surface area contributed by atoms with E-state index in [0.717, 1.165) is 0 Å². The van der Waals surface area contributed by atoms with Crippen molar-refractivity contribution in [1.82, 2.24) is 10.6 Å². The minimum Gasteiger partial charge on any atom is -0.507 e. The number of methoxy groups -OCH3 is 1. The number of phenols is 4. The maximum atomic E-state index is 13.6. The number of nitrogens with two attached hydrogens (primary N) is 1. The fraction of sp³-hybridized carbons (Fsp3) is 0.408. The molecule has 4 aromatic carbocycles. The summed E-state index contributed by atoms with van der Waals surface area (Å²) in [5.41, 5.74) is 3.05. The van der Waals surface area contributed by atoms with Crippen LogP contribution in [0.5, 0.6) is 28.7 Å². The lowest BCUT2D eigenvalue weighted by Crippen LogP contribution is -2.53. The number of carbonyl (C=O) groups is 5. The van der Waals surface area contributed by atoms with Crippen molar-refractivity contribution in [3.05, 3.63) is 98.1 Å². The van der Waals surface area contributed by atoms with Crippen LogP contribution >= 0.6 is 0 Å². The first-order chi connectivity index (χ1) is 33.9. The van der Waals surface area contributed by atoms with Crippen LogP contribution in [-0.2, 0) is 20.7 Å². The van der Waals surface area contributed by atoms with E-state index in [9.17, 15) is 59.7 Å². The number of fused-ring (bicyclic) bond motifs is 5. The number of rotatable bonds is 17. The smallest absolute Gasteiger partial charge is 0.202 e.